The molecule has 0 unspecified atom stereocenters. The van der Waals surface area contributed by atoms with E-state index in [2.05, 4.69) is 24.7 Å². The highest BCUT2D eigenvalue weighted by Gasteiger charge is 2.16. The van der Waals surface area contributed by atoms with Crippen molar-refractivity contribution in [3.63, 3.8) is 0 Å². The van der Waals surface area contributed by atoms with E-state index in [-0.39, 0.29) is 17.7 Å². The van der Waals surface area contributed by atoms with Crippen molar-refractivity contribution in [3.8, 4) is 5.75 Å². The van der Waals surface area contributed by atoms with Crippen LogP contribution in [0.15, 0.2) is 48.5 Å². The number of hydrazine groups is 1. The van der Waals surface area contributed by atoms with Gasteiger partial charge in [-0.25, -0.2) is 4.79 Å². The maximum Gasteiger partial charge on any atom is 0.336 e. The second-order valence-electron chi connectivity index (χ2n) is 5.87. The van der Waals surface area contributed by atoms with Crippen LogP contribution >= 0.6 is 0 Å². The molecule has 7 heteroatoms. The van der Waals surface area contributed by atoms with Crippen LogP contribution in [0.3, 0.4) is 0 Å². The first-order valence-corrected chi connectivity index (χ1v) is 8.02. The lowest BCUT2D eigenvalue weighted by Crippen LogP contribution is -2.44. The van der Waals surface area contributed by atoms with Gasteiger partial charge in [-0.3, -0.25) is 20.4 Å². The number of hydrogen-bond donors (Lipinski definition) is 3. The van der Waals surface area contributed by atoms with Crippen molar-refractivity contribution >= 4 is 17.8 Å². The molecule has 0 saturated heterocycles. The second-order valence-corrected chi connectivity index (χ2v) is 5.87. The van der Waals surface area contributed by atoms with Crippen LogP contribution in [0.5, 0.6) is 5.75 Å². The predicted molar refractivity (Wildman–Crippen MR) is 95.0 cm³/mol. The van der Waals surface area contributed by atoms with Crippen molar-refractivity contribution in [2.45, 2.75) is 19.8 Å². The zero-order valence-electron chi connectivity index (χ0n) is 14.5. The number of carbonyl (C=O) groups excluding carboxylic acids is 2. The fraction of sp³-hybridized carbons (Fsp3) is 0.211. The van der Waals surface area contributed by atoms with Crippen LogP contribution in [0.4, 0.5) is 0 Å². The number of carboxylic acid groups (broad SMARTS) is 1. The minimum absolute atomic E-state index is 0.0505. The second kappa shape index (κ2) is 8.66. The third-order valence-electron chi connectivity index (χ3n) is 3.63. The van der Waals surface area contributed by atoms with E-state index in [1.807, 2.05) is 12.1 Å². The van der Waals surface area contributed by atoms with Crippen molar-refractivity contribution in [2.24, 2.45) is 0 Å². The molecule has 0 spiro atoms. The number of amides is 2. The third kappa shape index (κ3) is 5.07. The van der Waals surface area contributed by atoms with Crippen molar-refractivity contribution in [1.82, 2.24) is 10.9 Å². The van der Waals surface area contributed by atoms with E-state index < -0.39 is 17.8 Å². The number of carboxylic acids is 1. The Bertz CT molecular complexity index is 800. The van der Waals surface area contributed by atoms with Crippen LogP contribution in [0.2, 0.25) is 0 Å². The molecule has 0 heterocycles. The largest absolute Gasteiger partial charge is 0.484 e. The van der Waals surface area contributed by atoms with Gasteiger partial charge in [-0.05, 0) is 35.7 Å². The molecular weight excluding hydrogens is 336 g/mol. The molecule has 0 aliphatic carbocycles. The number of ether oxygens (including phenoxy) is 1. The fourth-order valence-electron chi connectivity index (χ4n) is 2.20. The molecule has 2 rings (SSSR count). The maximum atomic E-state index is 12.0. The zero-order valence-corrected chi connectivity index (χ0v) is 14.5. The van der Waals surface area contributed by atoms with E-state index in [9.17, 15) is 14.4 Å². The summed E-state index contributed by atoms with van der Waals surface area (Å²) in [5.41, 5.74) is 5.32. The summed E-state index contributed by atoms with van der Waals surface area (Å²) < 4.78 is 5.35. The van der Waals surface area contributed by atoms with Gasteiger partial charge in [0, 0.05) is 0 Å². The minimum Gasteiger partial charge on any atom is -0.484 e. The topological polar surface area (TPSA) is 105 Å². The van der Waals surface area contributed by atoms with E-state index in [4.69, 9.17) is 9.84 Å². The molecule has 3 N–H and O–H groups in total. The van der Waals surface area contributed by atoms with Crippen molar-refractivity contribution in [1.29, 1.82) is 0 Å². The summed E-state index contributed by atoms with van der Waals surface area (Å²) >= 11 is 0. The molecule has 0 fully saturated rings. The SMILES string of the molecule is CC(C)c1ccc(OCC(=O)NNC(=O)c2ccccc2C(=O)O)cc1. The monoisotopic (exact) mass is 356 g/mol. The smallest absolute Gasteiger partial charge is 0.336 e. The van der Waals surface area contributed by atoms with E-state index in [0.717, 1.165) is 5.56 Å². The van der Waals surface area contributed by atoms with Crippen LogP contribution in [0.25, 0.3) is 0 Å². The Labute approximate surface area is 151 Å². The lowest BCUT2D eigenvalue weighted by atomic mass is 10.0. The van der Waals surface area contributed by atoms with Gasteiger partial charge in [-0.15, -0.1) is 0 Å². The van der Waals surface area contributed by atoms with Crippen LogP contribution in [-0.4, -0.2) is 29.5 Å². The van der Waals surface area contributed by atoms with Gasteiger partial charge in [0.2, 0.25) is 0 Å². The number of aromatic carboxylic acids is 1. The molecule has 2 aromatic rings. The Balaban J connectivity index is 1.85. The van der Waals surface area contributed by atoms with Gasteiger partial charge in [-0.2, -0.15) is 0 Å². The van der Waals surface area contributed by atoms with E-state index in [1.54, 1.807) is 12.1 Å². The number of benzene rings is 2. The Hall–Kier alpha value is -3.35. The molecule has 0 aromatic heterocycles. The van der Waals surface area contributed by atoms with E-state index >= 15 is 0 Å². The molecular formula is C19H20N2O5. The van der Waals surface area contributed by atoms with Gasteiger partial charge in [0.15, 0.2) is 6.61 Å². The Morgan fingerprint density at radius 3 is 2.15 bits per heavy atom. The highest BCUT2D eigenvalue weighted by Crippen LogP contribution is 2.18. The highest BCUT2D eigenvalue weighted by atomic mass is 16.5. The van der Waals surface area contributed by atoms with Crippen LogP contribution in [0, 0.1) is 0 Å². The van der Waals surface area contributed by atoms with E-state index in [1.165, 1.54) is 24.3 Å². The van der Waals surface area contributed by atoms with Gasteiger partial charge < -0.3 is 9.84 Å². The average Bonchev–Trinajstić information content (AvgIpc) is 2.64. The average molecular weight is 356 g/mol. The maximum absolute atomic E-state index is 12.0. The standard InChI is InChI=1S/C19H20N2O5/c1-12(2)13-7-9-14(10-8-13)26-11-17(22)20-21-18(23)15-5-3-4-6-16(15)19(24)25/h3-10,12H,11H2,1-2H3,(H,20,22)(H,21,23)(H,24,25). The van der Waals surface area contributed by atoms with Crippen molar-refractivity contribution < 1.29 is 24.2 Å². The third-order valence-corrected chi connectivity index (χ3v) is 3.63. The Kier molecular flexibility index (Phi) is 6.32. The molecule has 0 aliphatic rings. The van der Waals surface area contributed by atoms with Crippen LogP contribution < -0.4 is 15.6 Å². The predicted octanol–water partition coefficient (Wildman–Crippen LogP) is 2.35. The zero-order chi connectivity index (χ0) is 19.1. The Morgan fingerprint density at radius 2 is 1.58 bits per heavy atom. The van der Waals surface area contributed by atoms with Crippen molar-refractivity contribution in [3.05, 3.63) is 65.2 Å². The molecule has 2 amide bonds. The van der Waals surface area contributed by atoms with Gasteiger partial charge in [-0.1, -0.05) is 38.1 Å². The molecule has 0 saturated carbocycles. The first-order chi connectivity index (χ1) is 12.4. The molecule has 26 heavy (non-hydrogen) atoms. The molecule has 0 atom stereocenters. The number of hydrogen-bond acceptors (Lipinski definition) is 4. The Morgan fingerprint density at radius 1 is 0.962 bits per heavy atom. The molecule has 0 aliphatic heterocycles. The lowest BCUT2D eigenvalue weighted by Gasteiger charge is -2.11. The molecule has 136 valence electrons. The highest BCUT2D eigenvalue weighted by molar-refractivity contribution is 6.05. The van der Waals surface area contributed by atoms with Gasteiger partial charge in [0.25, 0.3) is 11.8 Å². The van der Waals surface area contributed by atoms with Gasteiger partial charge in [0.05, 0.1) is 11.1 Å². The summed E-state index contributed by atoms with van der Waals surface area (Å²) in [5.74, 6) is -1.59. The van der Waals surface area contributed by atoms with Gasteiger partial charge >= 0.3 is 5.97 Å². The molecule has 7 nitrogen and oxygen atoms in total. The normalized spacial score (nSPS) is 10.3. The summed E-state index contributed by atoms with van der Waals surface area (Å²) in [6.45, 7) is 3.87. The fourth-order valence-corrected chi connectivity index (χ4v) is 2.20. The first kappa shape index (κ1) is 19.0. The first-order valence-electron chi connectivity index (χ1n) is 8.02. The molecule has 0 bridgehead atoms. The van der Waals surface area contributed by atoms with Crippen LogP contribution in [-0.2, 0) is 4.79 Å². The number of rotatable bonds is 6. The van der Waals surface area contributed by atoms with E-state index in [0.29, 0.717) is 11.7 Å². The number of nitrogens with one attached hydrogen (secondary N) is 2. The summed E-state index contributed by atoms with van der Waals surface area (Å²) in [4.78, 5) is 34.9. The molecule has 2 aromatic carbocycles. The van der Waals surface area contributed by atoms with Crippen LogP contribution in [0.1, 0.15) is 46.0 Å². The summed E-state index contributed by atoms with van der Waals surface area (Å²) in [5, 5.41) is 9.07. The molecule has 0 radical (unpaired) electrons. The lowest BCUT2D eigenvalue weighted by molar-refractivity contribution is -0.123. The summed E-state index contributed by atoms with van der Waals surface area (Å²) in [6, 6.07) is 13.1. The minimum atomic E-state index is -1.23. The quantitative estimate of drug-likeness (QED) is 0.689. The van der Waals surface area contributed by atoms with Crippen molar-refractivity contribution in [2.75, 3.05) is 6.61 Å². The number of carbonyl (C=O) groups is 3. The summed E-state index contributed by atoms with van der Waals surface area (Å²) in [7, 11) is 0. The van der Waals surface area contributed by atoms with Gasteiger partial charge in [0.1, 0.15) is 5.75 Å². The summed E-state index contributed by atoms with van der Waals surface area (Å²) in [6.07, 6.45) is 0.